The maximum Gasteiger partial charge on any atom is 0.124 e. The summed E-state index contributed by atoms with van der Waals surface area (Å²) >= 11 is 1.61. The SMILES string of the molecule is Cc1nc(C#CC(/C=C\CN2CCCCC2)=C/N)cs1. The number of nitrogens with two attached hydrogens (primary N) is 1. The zero-order valence-electron chi connectivity index (χ0n) is 11.9. The van der Waals surface area contributed by atoms with E-state index in [2.05, 4.69) is 27.8 Å². The molecule has 3 nitrogen and oxygen atoms in total. The van der Waals surface area contributed by atoms with E-state index >= 15 is 0 Å². The summed E-state index contributed by atoms with van der Waals surface area (Å²) in [6.45, 7) is 5.37. The summed E-state index contributed by atoms with van der Waals surface area (Å²) in [5.74, 6) is 6.10. The van der Waals surface area contributed by atoms with E-state index in [1.807, 2.05) is 18.4 Å². The number of rotatable bonds is 3. The van der Waals surface area contributed by atoms with Crippen LogP contribution in [0.25, 0.3) is 0 Å². The Bertz CT molecular complexity index is 540. The van der Waals surface area contributed by atoms with Gasteiger partial charge in [0.1, 0.15) is 5.69 Å². The van der Waals surface area contributed by atoms with Crippen molar-refractivity contribution in [1.82, 2.24) is 9.88 Å². The van der Waals surface area contributed by atoms with E-state index in [9.17, 15) is 0 Å². The Morgan fingerprint density at radius 1 is 1.45 bits per heavy atom. The summed E-state index contributed by atoms with van der Waals surface area (Å²) < 4.78 is 0. The molecule has 4 heteroatoms. The minimum absolute atomic E-state index is 0.816. The Morgan fingerprint density at radius 3 is 2.90 bits per heavy atom. The third kappa shape index (κ3) is 4.84. The van der Waals surface area contributed by atoms with Gasteiger partial charge in [0.05, 0.1) is 5.01 Å². The molecule has 2 heterocycles. The van der Waals surface area contributed by atoms with Crippen LogP contribution in [0.4, 0.5) is 0 Å². The number of nitrogens with zero attached hydrogens (tertiary/aromatic N) is 2. The highest BCUT2D eigenvalue weighted by Gasteiger charge is 2.07. The van der Waals surface area contributed by atoms with Gasteiger partial charge >= 0.3 is 0 Å². The molecule has 0 radical (unpaired) electrons. The van der Waals surface area contributed by atoms with Crippen LogP contribution in [0.15, 0.2) is 29.3 Å². The lowest BCUT2D eigenvalue weighted by Gasteiger charge is -2.24. The highest BCUT2D eigenvalue weighted by molar-refractivity contribution is 7.09. The molecule has 1 aliphatic heterocycles. The average molecular weight is 287 g/mol. The van der Waals surface area contributed by atoms with Crippen LogP contribution >= 0.6 is 11.3 Å². The molecule has 2 rings (SSSR count). The number of thiazole rings is 1. The van der Waals surface area contributed by atoms with Gasteiger partial charge in [-0.3, -0.25) is 4.90 Å². The van der Waals surface area contributed by atoms with Crippen molar-refractivity contribution in [2.75, 3.05) is 19.6 Å². The minimum Gasteiger partial charge on any atom is -0.404 e. The van der Waals surface area contributed by atoms with E-state index in [-0.39, 0.29) is 0 Å². The number of allylic oxidation sites excluding steroid dienone is 2. The number of aromatic nitrogens is 1. The molecule has 20 heavy (non-hydrogen) atoms. The monoisotopic (exact) mass is 287 g/mol. The summed E-state index contributed by atoms with van der Waals surface area (Å²) in [5.41, 5.74) is 7.27. The molecule has 2 N–H and O–H groups in total. The molecule has 0 unspecified atom stereocenters. The number of hydrogen-bond donors (Lipinski definition) is 1. The second-order valence-corrected chi connectivity index (χ2v) is 5.95. The summed E-state index contributed by atoms with van der Waals surface area (Å²) in [7, 11) is 0. The van der Waals surface area contributed by atoms with E-state index in [1.165, 1.54) is 32.4 Å². The molecule has 1 aromatic rings. The Kier molecular flexibility index (Phi) is 5.85. The molecule has 1 aromatic heterocycles. The molecule has 0 saturated carbocycles. The van der Waals surface area contributed by atoms with Crippen molar-refractivity contribution in [3.63, 3.8) is 0 Å². The number of aryl methyl sites for hydroxylation is 1. The van der Waals surface area contributed by atoms with Crippen molar-refractivity contribution in [1.29, 1.82) is 0 Å². The summed E-state index contributed by atoms with van der Waals surface area (Å²) in [4.78, 5) is 6.78. The predicted octanol–water partition coefficient (Wildman–Crippen LogP) is 2.69. The lowest BCUT2D eigenvalue weighted by Crippen LogP contribution is -2.29. The lowest BCUT2D eigenvalue weighted by molar-refractivity contribution is 0.251. The van der Waals surface area contributed by atoms with Crippen molar-refractivity contribution in [2.24, 2.45) is 5.73 Å². The van der Waals surface area contributed by atoms with Gasteiger partial charge in [0.2, 0.25) is 0 Å². The van der Waals surface area contributed by atoms with Gasteiger partial charge in [0.25, 0.3) is 0 Å². The fourth-order valence-electron chi connectivity index (χ4n) is 2.17. The summed E-state index contributed by atoms with van der Waals surface area (Å²) in [6.07, 6.45) is 9.70. The summed E-state index contributed by atoms with van der Waals surface area (Å²) in [6, 6.07) is 0. The standard InChI is InChI=1S/C16H21N3S/c1-14-18-16(13-20-14)8-7-15(12-17)6-5-11-19-9-3-2-4-10-19/h5-6,12-13H,2-4,9-11,17H2,1H3/b6-5-,15-12+. The first-order valence-electron chi connectivity index (χ1n) is 7.03. The maximum absolute atomic E-state index is 5.61. The molecule has 0 spiro atoms. The van der Waals surface area contributed by atoms with E-state index in [1.54, 1.807) is 17.5 Å². The van der Waals surface area contributed by atoms with Gasteiger partial charge in [-0.1, -0.05) is 18.4 Å². The van der Waals surface area contributed by atoms with E-state index in [4.69, 9.17) is 5.73 Å². The van der Waals surface area contributed by atoms with E-state index in [0.717, 1.165) is 22.8 Å². The number of likely N-dealkylation sites (tertiary alicyclic amines) is 1. The van der Waals surface area contributed by atoms with Crippen LogP contribution in [-0.4, -0.2) is 29.5 Å². The van der Waals surface area contributed by atoms with Crippen LogP contribution in [0.2, 0.25) is 0 Å². The van der Waals surface area contributed by atoms with Crippen LogP contribution in [0, 0.1) is 18.8 Å². The highest BCUT2D eigenvalue weighted by Crippen LogP contribution is 2.09. The first-order chi connectivity index (χ1) is 9.78. The van der Waals surface area contributed by atoms with Gasteiger partial charge in [-0.25, -0.2) is 4.98 Å². The average Bonchev–Trinajstić information content (AvgIpc) is 2.89. The molecule has 1 saturated heterocycles. The molecule has 106 valence electrons. The van der Waals surface area contributed by atoms with Gasteiger partial charge < -0.3 is 5.73 Å². The van der Waals surface area contributed by atoms with E-state index < -0.39 is 0 Å². The van der Waals surface area contributed by atoms with Gasteiger partial charge in [0, 0.05) is 23.7 Å². The first-order valence-corrected chi connectivity index (χ1v) is 7.91. The third-order valence-corrected chi connectivity index (χ3v) is 4.02. The molecule has 1 aliphatic rings. The van der Waals surface area contributed by atoms with Crippen molar-refractivity contribution in [3.8, 4) is 11.8 Å². The van der Waals surface area contributed by atoms with Crippen LogP contribution in [0.5, 0.6) is 0 Å². The second kappa shape index (κ2) is 7.88. The molecule has 0 atom stereocenters. The zero-order chi connectivity index (χ0) is 14.2. The third-order valence-electron chi connectivity index (χ3n) is 3.24. The Labute approximate surface area is 125 Å². The topological polar surface area (TPSA) is 42.2 Å². The minimum atomic E-state index is 0.816. The quantitative estimate of drug-likeness (QED) is 0.686. The Hall–Kier alpha value is -1.57. The van der Waals surface area contributed by atoms with Gasteiger partial charge in [-0.05, 0) is 44.9 Å². The van der Waals surface area contributed by atoms with Crippen molar-refractivity contribution >= 4 is 11.3 Å². The number of hydrogen-bond acceptors (Lipinski definition) is 4. The van der Waals surface area contributed by atoms with Crippen molar-refractivity contribution in [3.05, 3.63) is 40.0 Å². The van der Waals surface area contributed by atoms with Gasteiger partial charge in [-0.2, -0.15) is 0 Å². The van der Waals surface area contributed by atoms with E-state index in [0.29, 0.717) is 0 Å². The lowest BCUT2D eigenvalue weighted by atomic mass is 10.1. The van der Waals surface area contributed by atoms with Crippen molar-refractivity contribution < 1.29 is 0 Å². The highest BCUT2D eigenvalue weighted by atomic mass is 32.1. The second-order valence-electron chi connectivity index (χ2n) is 4.89. The fourth-order valence-corrected chi connectivity index (χ4v) is 2.71. The fraction of sp³-hybridized carbons (Fsp3) is 0.438. The Morgan fingerprint density at radius 2 is 2.25 bits per heavy atom. The molecule has 0 aromatic carbocycles. The molecule has 0 bridgehead atoms. The summed E-state index contributed by atoms with van der Waals surface area (Å²) in [5, 5.41) is 3.00. The van der Waals surface area contributed by atoms with Crippen LogP contribution in [0.3, 0.4) is 0 Å². The number of piperidine rings is 1. The molecular formula is C16H21N3S. The smallest absolute Gasteiger partial charge is 0.124 e. The van der Waals surface area contributed by atoms with Crippen LogP contribution in [0.1, 0.15) is 30.0 Å². The molecular weight excluding hydrogens is 266 g/mol. The van der Waals surface area contributed by atoms with Crippen LogP contribution in [-0.2, 0) is 0 Å². The predicted molar refractivity (Wildman–Crippen MR) is 85.4 cm³/mol. The largest absolute Gasteiger partial charge is 0.404 e. The first kappa shape index (κ1) is 14.8. The maximum atomic E-state index is 5.61. The van der Waals surface area contributed by atoms with Crippen molar-refractivity contribution in [2.45, 2.75) is 26.2 Å². The normalized spacial score (nSPS) is 17.1. The molecule has 0 amide bonds. The molecule has 0 aliphatic carbocycles. The Balaban J connectivity index is 1.87. The van der Waals surface area contributed by atoms with Gasteiger partial charge in [-0.15, -0.1) is 11.3 Å². The van der Waals surface area contributed by atoms with Crippen LogP contribution < -0.4 is 5.73 Å². The van der Waals surface area contributed by atoms with Gasteiger partial charge in [0.15, 0.2) is 0 Å². The zero-order valence-corrected chi connectivity index (χ0v) is 12.7. The molecule has 1 fully saturated rings.